The van der Waals surface area contributed by atoms with Crippen LogP contribution in [0.5, 0.6) is 11.5 Å². The van der Waals surface area contributed by atoms with Crippen molar-refractivity contribution in [3.8, 4) is 17.6 Å². The molecule has 0 aliphatic carbocycles. The van der Waals surface area contributed by atoms with Gasteiger partial charge in [0.2, 0.25) is 0 Å². The summed E-state index contributed by atoms with van der Waals surface area (Å²) in [5, 5.41) is 17.9. The second-order valence-corrected chi connectivity index (χ2v) is 2.36. The minimum Gasteiger partial charge on any atom is -0.503 e. The van der Waals surface area contributed by atoms with E-state index in [9.17, 15) is 9.90 Å². The van der Waals surface area contributed by atoms with Gasteiger partial charge in [-0.15, -0.1) is 0 Å². The number of benzene rings is 1. The molecule has 1 aromatic carbocycles. The van der Waals surface area contributed by atoms with E-state index in [0.717, 1.165) is 0 Å². The van der Waals surface area contributed by atoms with E-state index >= 15 is 0 Å². The Kier molecular flexibility index (Phi) is 2.50. The van der Waals surface area contributed by atoms with Gasteiger partial charge in [0.05, 0.1) is 5.56 Å². The second kappa shape index (κ2) is 3.59. The van der Waals surface area contributed by atoms with Gasteiger partial charge in [0.15, 0.2) is 11.5 Å². The topological polar surface area (TPSA) is 70.3 Å². The van der Waals surface area contributed by atoms with Crippen LogP contribution in [0.2, 0.25) is 0 Å². The van der Waals surface area contributed by atoms with E-state index < -0.39 is 5.97 Å². The Bertz CT molecular complexity index is 379. The Morgan fingerprint density at radius 1 is 1.62 bits per heavy atom. The van der Waals surface area contributed by atoms with E-state index in [4.69, 9.17) is 5.26 Å². The fourth-order valence-corrected chi connectivity index (χ4v) is 0.850. The molecule has 13 heavy (non-hydrogen) atoms. The monoisotopic (exact) mass is 177 g/mol. The Balaban J connectivity index is 3.10. The summed E-state index contributed by atoms with van der Waals surface area (Å²) >= 11 is 0. The smallest absolute Gasteiger partial charge is 0.308 e. The summed E-state index contributed by atoms with van der Waals surface area (Å²) in [5.74, 6) is -0.836. The molecule has 1 N–H and O–H groups in total. The van der Waals surface area contributed by atoms with Gasteiger partial charge in [0.1, 0.15) is 6.07 Å². The van der Waals surface area contributed by atoms with Crippen molar-refractivity contribution in [2.45, 2.75) is 6.92 Å². The number of rotatable bonds is 1. The average molecular weight is 177 g/mol. The Labute approximate surface area is 75.0 Å². The lowest BCUT2D eigenvalue weighted by Crippen LogP contribution is -2.01. The van der Waals surface area contributed by atoms with Crippen molar-refractivity contribution in [2.75, 3.05) is 0 Å². The molecule has 1 rings (SSSR count). The molecular formula is C9H7NO3. The summed E-state index contributed by atoms with van der Waals surface area (Å²) in [4.78, 5) is 10.5. The van der Waals surface area contributed by atoms with Crippen molar-refractivity contribution in [3.63, 3.8) is 0 Å². The SMILES string of the molecule is CC(=O)Oc1cccc(C#N)c1O. The normalized spacial score (nSPS) is 8.92. The molecule has 0 aliphatic heterocycles. The number of phenols is 1. The van der Waals surface area contributed by atoms with E-state index in [2.05, 4.69) is 4.74 Å². The first-order chi connectivity index (χ1) is 6.15. The van der Waals surface area contributed by atoms with Gasteiger partial charge < -0.3 is 9.84 Å². The number of carbonyl (C=O) groups excluding carboxylic acids is 1. The number of ether oxygens (including phenoxy) is 1. The van der Waals surface area contributed by atoms with E-state index in [-0.39, 0.29) is 17.1 Å². The van der Waals surface area contributed by atoms with Crippen LogP contribution in [0.4, 0.5) is 0 Å². The number of aromatic hydroxyl groups is 1. The fourth-order valence-electron chi connectivity index (χ4n) is 0.850. The van der Waals surface area contributed by atoms with Crippen LogP contribution < -0.4 is 4.74 Å². The minimum absolute atomic E-state index is 0.00606. The maximum atomic E-state index is 10.5. The van der Waals surface area contributed by atoms with E-state index in [1.807, 2.05) is 0 Å². The number of carbonyl (C=O) groups is 1. The third-order valence-electron chi connectivity index (χ3n) is 1.37. The summed E-state index contributed by atoms with van der Waals surface area (Å²) in [5.41, 5.74) is 0.0822. The van der Waals surface area contributed by atoms with Crippen molar-refractivity contribution in [2.24, 2.45) is 0 Å². The third kappa shape index (κ3) is 1.97. The predicted octanol–water partition coefficient (Wildman–Crippen LogP) is 1.19. The average Bonchev–Trinajstić information content (AvgIpc) is 2.08. The molecule has 0 spiro atoms. The third-order valence-corrected chi connectivity index (χ3v) is 1.37. The highest BCUT2D eigenvalue weighted by Crippen LogP contribution is 2.28. The summed E-state index contributed by atoms with van der Waals surface area (Å²) in [7, 11) is 0. The molecule has 0 heterocycles. The van der Waals surface area contributed by atoms with Crippen LogP contribution in [0.1, 0.15) is 12.5 Å². The standard InChI is InChI=1S/C9H7NO3/c1-6(11)13-8-4-2-3-7(5-10)9(8)12/h2-4,12H,1H3. The van der Waals surface area contributed by atoms with E-state index in [1.165, 1.54) is 25.1 Å². The number of phenolic OH excluding ortho intramolecular Hbond substituents is 1. The molecule has 0 aliphatic rings. The second-order valence-electron chi connectivity index (χ2n) is 2.36. The van der Waals surface area contributed by atoms with Gasteiger partial charge in [-0.3, -0.25) is 4.79 Å². The molecule has 0 unspecified atom stereocenters. The van der Waals surface area contributed by atoms with Crippen molar-refractivity contribution in [1.29, 1.82) is 5.26 Å². The Hall–Kier alpha value is -2.02. The zero-order valence-corrected chi connectivity index (χ0v) is 6.94. The summed E-state index contributed by atoms with van der Waals surface area (Å²) < 4.78 is 4.65. The minimum atomic E-state index is -0.537. The lowest BCUT2D eigenvalue weighted by Gasteiger charge is -2.03. The Morgan fingerprint density at radius 3 is 2.85 bits per heavy atom. The number of hydrogen-bond acceptors (Lipinski definition) is 4. The maximum Gasteiger partial charge on any atom is 0.308 e. The summed E-state index contributed by atoms with van der Waals surface area (Å²) in [6.45, 7) is 1.22. The zero-order valence-electron chi connectivity index (χ0n) is 6.94. The summed E-state index contributed by atoms with van der Waals surface area (Å²) in [6, 6.07) is 6.14. The molecule has 0 aromatic heterocycles. The van der Waals surface area contributed by atoms with Crippen molar-refractivity contribution in [1.82, 2.24) is 0 Å². The number of esters is 1. The van der Waals surface area contributed by atoms with Crippen LogP contribution in [0, 0.1) is 11.3 Å². The summed E-state index contributed by atoms with van der Waals surface area (Å²) in [6.07, 6.45) is 0. The molecule has 0 saturated heterocycles. The van der Waals surface area contributed by atoms with Gasteiger partial charge in [0.25, 0.3) is 0 Å². The highest BCUT2D eigenvalue weighted by molar-refractivity contribution is 5.71. The van der Waals surface area contributed by atoms with E-state index in [0.29, 0.717) is 0 Å². The highest BCUT2D eigenvalue weighted by atomic mass is 16.5. The number of nitriles is 1. The highest BCUT2D eigenvalue weighted by Gasteiger charge is 2.08. The van der Waals surface area contributed by atoms with Gasteiger partial charge >= 0.3 is 5.97 Å². The molecule has 66 valence electrons. The van der Waals surface area contributed by atoms with Crippen LogP contribution in [0.15, 0.2) is 18.2 Å². The molecule has 0 radical (unpaired) electrons. The number of para-hydroxylation sites is 1. The molecule has 1 aromatic rings. The van der Waals surface area contributed by atoms with Gasteiger partial charge in [0, 0.05) is 6.92 Å². The molecule has 0 amide bonds. The lowest BCUT2D eigenvalue weighted by molar-refractivity contribution is -0.132. The van der Waals surface area contributed by atoms with E-state index in [1.54, 1.807) is 6.07 Å². The predicted molar refractivity (Wildman–Crippen MR) is 44.1 cm³/mol. The molecular weight excluding hydrogens is 170 g/mol. The first kappa shape index (κ1) is 9.07. The lowest BCUT2D eigenvalue weighted by atomic mass is 10.2. The molecule has 0 atom stereocenters. The van der Waals surface area contributed by atoms with Crippen molar-refractivity contribution < 1.29 is 14.6 Å². The van der Waals surface area contributed by atoms with Crippen LogP contribution in [0.3, 0.4) is 0 Å². The van der Waals surface area contributed by atoms with Crippen LogP contribution in [0.25, 0.3) is 0 Å². The van der Waals surface area contributed by atoms with Crippen LogP contribution >= 0.6 is 0 Å². The molecule has 4 nitrogen and oxygen atoms in total. The number of nitrogens with zero attached hydrogens (tertiary/aromatic N) is 1. The van der Waals surface area contributed by atoms with Gasteiger partial charge in [-0.1, -0.05) is 6.07 Å². The molecule has 0 saturated carbocycles. The zero-order chi connectivity index (χ0) is 9.84. The Morgan fingerprint density at radius 2 is 2.31 bits per heavy atom. The van der Waals surface area contributed by atoms with Crippen molar-refractivity contribution >= 4 is 5.97 Å². The van der Waals surface area contributed by atoms with Gasteiger partial charge in [-0.25, -0.2) is 0 Å². The maximum absolute atomic E-state index is 10.5. The molecule has 4 heteroatoms. The number of hydrogen-bond donors (Lipinski definition) is 1. The largest absolute Gasteiger partial charge is 0.503 e. The molecule has 0 fully saturated rings. The van der Waals surface area contributed by atoms with Crippen LogP contribution in [-0.4, -0.2) is 11.1 Å². The molecule has 0 bridgehead atoms. The first-order valence-electron chi connectivity index (χ1n) is 3.55. The van der Waals surface area contributed by atoms with Gasteiger partial charge in [-0.2, -0.15) is 5.26 Å². The quantitative estimate of drug-likeness (QED) is 0.516. The fraction of sp³-hybridized carbons (Fsp3) is 0.111. The van der Waals surface area contributed by atoms with Gasteiger partial charge in [-0.05, 0) is 12.1 Å². The van der Waals surface area contributed by atoms with Crippen LogP contribution in [-0.2, 0) is 4.79 Å². The first-order valence-corrected chi connectivity index (χ1v) is 3.55. The van der Waals surface area contributed by atoms with Crippen molar-refractivity contribution in [3.05, 3.63) is 23.8 Å².